The molecule has 0 aliphatic carbocycles. The third-order valence-corrected chi connectivity index (χ3v) is 4.60. The van der Waals surface area contributed by atoms with Crippen molar-refractivity contribution >= 4 is 34.8 Å². The number of anilines is 2. The zero-order valence-corrected chi connectivity index (χ0v) is 15.5. The lowest BCUT2D eigenvalue weighted by atomic mass is 10.1. The number of amides is 2. The summed E-state index contributed by atoms with van der Waals surface area (Å²) in [4.78, 5) is 26.4. The van der Waals surface area contributed by atoms with Crippen LogP contribution in [0.4, 0.5) is 15.8 Å². The number of hydrogen-bond acceptors (Lipinski definition) is 4. The maximum absolute atomic E-state index is 13.9. The van der Waals surface area contributed by atoms with E-state index in [1.807, 2.05) is 0 Å². The van der Waals surface area contributed by atoms with Crippen LogP contribution in [0.5, 0.6) is 11.5 Å². The molecule has 1 aliphatic rings. The molecule has 6 nitrogen and oxygen atoms in total. The molecule has 1 N–H and O–H groups in total. The van der Waals surface area contributed by atoms with Crippen LogP contribution in [-0.4, -0.2) is 32.6 Å². The normalized spacial score (nSPS) is 16.4. The van der Waals surface area contributed by atoms with Gasteiger partial charge in [-0.3, -0.25) is 9.59 Å². The van der Waals surface area contributed by atoms with Gasteiger partial charge in [-0.2, -0.15) is 0 Å². The number of nitrogens with one attached hydrogen (secondary N) is 1. The van der Waals surface area contributed by atoms with Crippen LogP contribution in [0.1, 0.15) is 6.42 Å². The van der Waals surface area contributed by atoms with Gasteiger partial charge in [0.05, 0.1) is 31.5 Å². The molecule has 1 saturated heterocycles. The summed E-state index contributed by atoms with van der Waals surface area (Å²) in [5.74, 6) is -0.828. The van der Waals surface area contributed by atoms with Crippen molar-refractivity contribution in [1.82, 2.24) is 0 Å². The van der Waals surface area contributed by atoms with Gasteiger partial charge in [0.25, 0.3) is 0 Å². The van der Waals surface area contributed by atoms with Gasteiger partial charge in [-0.25, -0.2) is 4.39 Å². The van der Waals surface area contributed by atoms with Gasteiger partial charge in [-0.15, -0.1) is 0 Å². The third kappa shape index (κ3) is 3.98. The highest BCUT2D eigenvalue weighted by Crippen LogP contribution is 2.36. The monoisotopic (exact) mass is 392 g/mol. The van der Waals surface area contributed by atoms with Crippen molar-refractivity contribution in [2.75, 3.05) is 31.0 Å². The Bertz CT molecular complexity index is 890. The minimum atomic E-state index is -0.631. The average molecular weight is 393 g/mol. The average Bonchev–Trinajstić information content (AvgIpc) is 3.05. The quantitative estimate of drug-likeness (QED) is 0.845. The zero-order chi connectivity index (χ0) is 19.6. The van der Waals surface area contributed by atoms with Crippen LogP contribution < -0.4 is 19.7 Å². The SMILES string of the molecule is COc1ccc(N2C[C@H](C(=O)Nc3ccc(Cl)cc3F)CC2=O)c(OC)c1. The topological polar surface area (TPSA) is 67.9 Å². The van der Waals surface area contributed by atoms with Crippen molar-refractivity contribution in [1.29, 1.82) is 0 Å². The largest absolute Gasteiger partial charge is 0.497 e. The van der Waals surface area contributed by atoms with E-state index < -0.39 is 17.6 Å². The second-order valence-electron chi connectivity index (χ2n) is 6.06. The summed E-state index contributed by atoms with van der Waals surface area (Å²) in [6, 6.07) is 9.06. The van der Waals surface area contributed by atoms with Crippen molar-refractivity contribution < 1.29 is 23.5 Å². The molecule has 0 radical (unpaired) electrons. The van der Waals surface area contributed by atoms with E-state index in [0.717, 1.165) is 6.07 Å². The summed E-state index contributed by atoms with van der Waals surface area (Å²) in [5, 5.41) is 2.75. The predicted molar refractivity (Wildman–Crippen MR) is 100 cm³/mol. The molecule has 0 aromatic heterocycles. The number of rotatable bonds is 5. The smallest absolute Gasteiger partial charge is 0.229 e. The summed E-state index contributed by atoms with van der Waals surface area (Å²) in [6.45, 7) is 0.169. The molecule has 0 spiro atoms. The van der Waals surface area contributed by atoms with Gasteiger partial charge in [0.1, 0.15) is 17.3 Å². The molecule has 27 heavy (non-hydrogen) atoms. The third-order valence-electron chi connectivity index (χ3n) is 4.36. The Morgan fingerprint density at radius 1 is 1.22 bits per heavy atom. The lowest BCUT2D eigenvalue weighted by Crippen LogP contribution is -2.28. The van der Waals surface area contributed by atoms with Crippen molar-refractivity contribution in [3.8, 4) is 11.5 Å². The second kappa shape index (κ2) is 7.84. The molecule has 2 aromatic carbocycles. The second-order valence-corrected chi connectivity index (χ2v) is 6.49. The van der Waals surface area contributed by atoms with E-state index in [9.17, 15) is 14.0 Å². The Hall–Kier alpha value is -2.80. The molecule has 8 heteroatoms. The van der Waals surface area contributed by atoms with Crippen LogP contribution in [0.3, 0.4) is 0 Å². The first-order valence-electron chi connectivity index (χ1n) is 8.21. The van der Waals surface area contributed by atoms with Crippen molar-refractivity contribution in [3.05, 3.63) is 47.2 Å². The summed E-state index contributed by atoms with van der Waals surface area (Å²) in [6.07, 6.45) is 0.0240. The van der Waals surface area contributed by atoms with Gasteiger partial charge in [-0.1, -0.05) is 11.6 Å². The Morgan fingerprint density at radius 2 is 2.00 bits per heavy atom. The molecule has 1 heterocycles. The summed E-state index contributed by atoms with van der Waals surface area (Å²) >= 11 is 5.71. The summed E-state index contributed by atoms with van der Waals surface area (Å²) in [5.41, 5.74) is 0.577. The van der Waals surface area contributed by atoms with E-state index in [1.165, 1.54) is 31.3 Å². The van der Waals surface area contributed by atoms with Crippen molar-refractivity contribution in [2.45, 2.75) is 6.42 Å². The summed E-state index contributed by atoms with van der Waals surface area (Å²) < 4.78 is 24.4. The van der Waals surface area contributed by atoms with Crippen LogP contribution in [0.25, 0.3) is 0 Å². The fourth-order valence-electron chi connectivity index (χ4n) is 2.95. The first-order valence-corrected chi connectivity index (χ1v) is 8.59. The number of methoxy groups -OCH3 is 2. The van der Waals surface area contributed by atoms with E-state index >= 15 is 0 Å². The van der Waals surface area contributed by atoms with Crippen LogP contribution in [0, 0.1) is 11.7 Å². The van der Waals surface area contributed by atoms with E-state index in [1.54, 1.807) is 18.2 Å². The molecule has 0 bridgehead atoms. The fraction of sp³-hybridized carbons (Fsp3) is 0.263. The number of ether oxygens (including phenoxy) is 2. The first-order chi connectivity index (χ1) is 12.9. The van der Waals surface area contributed by atoms with Crippen LogP contribution in [0.15, 0.2) is 36.4 Å². The molecular weight excluding hydrogens is 375 g/mol. The summed E-state index contributed by atoms with van der Waals surface area (Å²) in [7, 11) is 3.03. The molecule has 1 fully saturated rings. The van der Waals surface area contributed by atoms with E-state index in [-0.39, 0.29) is 29.6 Å². The van der Waals surface area contributed by atoms with E-state index in [0.29, 0.717) is 17.2 Å². The van der Waals surface area contributed by atoms with Gasteiger partial charge >= 0.3 is 0 Å². The Labute approximate surface area is 160 Å². The number of carbonyl (C=O) groups excluding carboxylic acids is 2. The zero-order valence-electron chi connectivity index (χ0n) is 14.8. The van der Waals surface area contributed by atoms with Crippen LogP contribution >= 0.6 is 11.6 Å². The molecular formula is C19H18ClFN2O4. The lowest BCUT2D eigenvalue weighted by molar-refractivity contribution is -0.122. The highest BCUT2D eigenvalue weighted by Gasteiger charge is 2.36. The van der Waals surface area contributed by atoms with E-state index in [2.05, 4.69) is 5.32 Å². The van der Waals surface area contributed by atoms with Gasteiger partial charge in [0, 0.05) is 24.1 Å². The molecule has 1 aliphatic heterocycles. The van der Waals surface area contributed by atoms with Gasteiger partial charge in [0.2, 0.25) is 11.8 Å². The molecule has 0 unspecified atom stereocenters. The molecule has 1 atom stereocenters. The van der Waals surface area contributed by atoms with Gasteiger partial charge in [0.15, 0.2) is 0 Å². The van der Waals surface area contributed by atoms with Gasteiger partial charge < -0.3 is 19.7 Å². The predicted octanol–water partition coefficient (Wildman–Crippen LogP) is 3.49. The standard InChI is InChI=1S/C19H18ClFN2O4/c1-26-13-4-6-16(17(9-13)27-2)23-10-11(7-18(23)24)19(25)22-15-5-3-12(20)8-14(15)21/h3-6,8-9,11H,7,10H2,1-2H3,(H,22,25)/t11-/m1/s1. The van der Waals surface area contributed by atoms with Gasteiger partial charge in [-0.05, 0) is 30.3 Å². The highest BCUT2D eigenvalue weighted by atomic mass is 35.5. The number of nitrogens with zero attached hydrogens (tertiary/aromatic N) is 1. The molecule has 2 aromatic rings. The number of carbonyl (C=O) groups is 2. The van der Waals surface area contributed by atoms with Crippen molar-refractivity contribution in [2.24, 2.45) is 5.92 Å². The lowest BCUT2D eigenvalue weighted by Gasteiger charge is -2.20. The molecule has 0 saturated carbocycles. The fourth-order valence-corrected chi connectivity index (χ4v) is 3.11. The number of hydrogen-bond donors (Lipinski definition) is 1. The minimum Gasteiger partial charge on any atom is -0.497 e. The molecule has 142 valence electrons. The number of benzene rings is 2. The molecule has 3 rings (SSSR count). The Balaban J connectivity index is 1.76. The first kappa shape index (κ1) is 19.0. The Kier molecular flexibility index (Phi) is 5.51. The van der Waals surface area contributed by atoms with Crippen LogP contribution in [-0.2, 0) is 9.59 Å². The van der Waals surface area contributed by atoms with Crippen molar-refractivity contribution in [3.63, 3.8) is 0 Å². The maximum Gasteiger partial charge on any atom is 0.229 e. The van der Waals surface area contributed by atoms with E-state index in [4.69, 9.17) is 21.1 Å². The van der Waals surface area contributed by atoms with Crippen LogP contribution in [0.2, 0.25) is 5.02 Å². The molecule has 2 amide bonds. The highest BCUT2D eigenvalue weighted by molar-refractivity contribution is 6.30. The minimum absolute atomic E-state index is 0.0240. The Morgan fingerprint density at radius 3 is 2.67 bits per heavy atom. The maximum atomic E-state index is 13.9. The number of halogens is 2.